The smallest absolute Gasteiger partial charge is 0.340 e. The fourth-order valence-corrected chi connectivity index (χ4v) is 3.53. The van der Waals surface area contributed by atoms with Crippen LogP contribution in [0.1, 0.15) is 28.9 Å². The zero-order chi connectivity index (χ0) is 18.7. The molecule has 5 nitrogen and oxygen atoms in total. The van der Waals surface area contributed by atoms with Crippen LogP contribution in [0, 0.1) is 0 Å². The molecule has 1 amide bonds. The van der Waals surface area contributed by atoms with E-state index in [4.69, 9.17) is 4.74 Å². The number of carbonyl (C=O) groups is 2. The number of ether oxygens (including phenoxy) is 1. The number of aromatic nitrogens is 1. The van der Waals surface area contributed by atoms with Crippen molar-refractivity contribution in [2.24, 2.45) is 7.05 Å². The van der Waals surface area contributed by atoms with Gasteiger partial charge in [0.05, 0.1) is 11.6 Å². The highest BCUT2D eigenvalue weighted by atomic mass is 79.9. The Labute approximate surface area is 160 Å². The third-order valence-corrected chi connectivity index (χ3v) is 4.92. The first-order valence-corrected chi connectivity index (χ1v) is 9.01. The predicted octanol–water partition coefficient (Wildman–Crippen LogP) is 3.98. The van der Waals surface area contributed by atoms with Gasteiger partial charge in [0.1, 0.15) is 0 Å². The van der Waals surface area contributed by atoms with Crippen LogP contribution in [-0.4, -0.2) is 23.1 Å². The number of carbonyl (C=O) groups excluding carboxylic acids is 2. The van der Waals surface area contributed by atoms with Crippen LogP contribution in [0.3, 0.4) is 0 Å². The summed E-state index contributed by atoms with van der Waals surface area (Å²) in [6.07, 6.45) is 1.72. The van der Waals surface area contributed by atoms with Crippen LogP contribution in [0.15, 0.2) is 59.2 Å². The quantitative estimate of drug-likeness (QED) is 0.642. The van der Waals surface area contributed by atoms with Crippen molar-refractivity contribution in [2.75, 3.05) is 6.61 Å². The molecule has 0 saturated carbocycles. The minimum atomic E-state index is -0.509. The van der Waals surface area contributed by atoms with E-state index in [0.717, 1.165) is 20.9 Å². The standard InChI is InChI=1S/C20H19BrN2O3/c1-13(14-7-3-5-9-17(14)21)22-19(24)12-26-20(25)16-11-23(2)18-10-6-4-8-15(16)18/h3-11,13H,12H2,1-2H3,(H,22,24)/t13-/m1/s1. The molecule has 0 aliphatic rings. The highest BCUT2D eigenvalue weighted by Gasteiger charge is 2.17. The minimum Gasteiger partial charge on any atom is -0.452 e. The molecule has 6 heteroatoms. The van der Waals surface area contributed by atoms with Crippen molar-refractivity contribution in [3.63, 3.8) is 0 Å². The molecule has 26 heavy (non-hydrogen) atoms. The molecule has 1 aromatic heterocycles. The maximum Gasteiger partial charge on any atom is 0.340 e. The van der Waals surface area contributed by atoms with E-state index in [-0.39, 0.29) is 18.6 Å². The second kappa shape index (κ2) is 7.74. The van der Waals surface area contributed by atoms with E-state index in [0.29, 0.717) is 5.56 Å². The number of hydrogen-bond acceptors (Lipinski definition) is 3. The van der Waals surface area contributed by atoms with Gasteiger partial charge >= 0.3 is 5.97 Å². The number of aryl methyl sites for hydroxylation is 1. The van der Waals surface area contributed by atoms with E-state index in [1.165, 1.54) is 0 Å². The van der Waals surface area contributed by atoms with Crippen molar-refractivity contribution < 1.29 is 14.3 Å². The van der Waals surface area contributed by atoms with Crippen molar-refractivity contribution in [1.29, 1.82) is 0 Å². The summed E-state index contributed by atoms with van der Waals surface area (Å²) in [5, 5.41) is 3.64. The lowest BCUT2D eigenvalue weighted by Crippen LogP contribution is -2.31. The number of nitrogens with one attached hydrogen (secondary N) is 1. The summed E-state index contributed by atoms with van der Waals surface area (Å²) in [5.41, 5.74) is 2.35. The largest absolute Gasteiger partial charge is 0.452 e. The summed E-state index contributed by atoms with van der Waals surface area (Å²) in [6, 6.07) is 15.0. The van der Waals surface area contributed by atoms with Crippen LogP contribution in [0.4, 0.5) is 0 Å². The lowest BCUT2D eigenvalue weighted by atomic mass is 10.1. The summed E-state index contributed by atoms with van der Waals surface area (Å²) < 4.78 is 7.98. The Balaban J connectivity index is 1.62. The first-order valence-electron chi connectivity index (χ1n) is 8.22. The number of hydrogen-bond donors (Lipinski definition) is 1. The normalized spacial score (nSPS) is 12.0. The molecule has 0 spiro atoms. The van der Waals surface area contributed by atoms with Gasteiger partial charge in [-0.15, -0.1) is 0 Å². The van der Waals surface area contributed by atoms with Crippen LogP contribution in [0.5, 0.6) is 0 Å². The number of nitrogens with zero attached hydrogens (tertiary/aromatic N) is 1. The summed E-state index contributed by atoms with van der Waals surface area (Å²) in [5.74, 6) is -0.854. The van der Waals surface area contributed by atoms with Gasteiger partial charge in [-0.2, -0.15) is 0 Å². The third kappa shape index (κ3) is 3.80. The van der Waals surface area contributed by atoms with E-state index in [1.54, 1.807) is 6.20 Å². The number of rotatable bonds is 5. The zero-order valence-electron chi connectivity index (χ0n) is 14.5. The van der Waals surface area contributed by atoms with E-state index in [2.05, 4.69) is 21.2 Å². The summed E-state index contributed by atoms with van der Waals surface area (Å²) in [4.78, 5) is 24.5. The number of fused-ring (bicyclic) bond motifs is 1. The van der Waals surface area contributed by atoms with E-state index < -0.39 is 5.97 Å². The second-order valence-corrected chi connectivity index (χ2v) is 6.91. The van der Waals surface area contributed by atoms with Gasteiger partial charge in [0.25, 0.3) is 5.91 Å². The molecule has 1 atom stereocenters. The number of halogens is 1. The first-order chi connectivity index (χ1) is 12.5. The fraction of sp³-hybridized carbons (Fsp3) is 0.200. The summed E-state index contributed by atoms with van der Waals surface area (Å²) in [6.45, 7) is 1.56. The zero-order valence-corrected chi connectivity index (χ0v) is 16.1. The molecule has 0 unspecified atom stereocenters. The number of benzene rings is 2. The van der Waals surface area contributed by atoms with Crippen LogP contribution in [-0.2, 0) is 16.6 Å². The highest BCUT2D eigenvalue weighted by Crippen LogP contribution is 2.23. The lowest BCUT2D eigenvalue weighted by Gasteiger charge is -2.15. The average molecular weight is 415 g/mol. The van der Waals surface area contributed by atoms with Gasteiger partial charge in [0.15, 0.2) is 6.61 Å². The van der Waals surface area contributed by atoms with Gasteiger partial charge in [0, 0.05) is 28.6 Å². The Morgan fingerprint density at radius 1 is 1.15 bits per heavy atom. The topological polar surface area (TPSA) is 60.3 Å². The maximum atomic E-state index is 12.4. The monoisotopic (exact) mass is 414 g/mol. The SMILES string of the molecule is C[C@@H](NC(=O)COC(=O)c1cn(C)c2ccccc12)c1ccccc1Br. The summed E-state index contributed by atoms with van der Waals surface area (Å²) >= 11 is 3.47. The molecule has 2 aromatic carbocycles. The second-order valence-electron chi connectivity index (χ2n) is 6.06. The predicted molar refractivity (Wildman–Crippen MR) is 104 cm³/mol. The van der Waals surface area contributed by atoms with E-state index >= 15 is 0 Å². The molecule has 0 fully saturated rings. The van der Waals surface area contributed by atoms with Crippen LogP contribution < -0.4 is 5.32 Å². The van der Waals surface area contributed by atoms with Crippen molar-refractivity contribution in [1.82, 2.24) is 9.88 Å². The average Bonchev–Trinajstić information content (AvgIpc) is 2.97. The minimum absolute atomic E-state index is 0.200. The Kier molecular flexibility index (Phi) is 5.42. The van der Waals surface area contributed by atoms with Gasteiger partial charge < -0.3 is 14.6 Å². The molecule has 0 saturated heterocycles. The van der Waals surface area contributed by atoms with Crippen molar-refractivity contribution in [3.8, 4) is 0 Å². The molecule has 0 bridgehead atoms. The molecule has 1 heterocycles. The van der Waals surface area contributed by atoms with Gasteiger partial charge in [0.2, 0.25) is 0 Å². The molecule has 134 valence electrons. The number of para-hydroxylation sites is 1. The third-order valence-electron chi connectivity index (χ3n) is 4.20. The van der Waals surface area contributed by atoms with Gasteiger partial charge in [-0.05, 0) is 24.6 Å². The number of amides is 1. The lowest BCUT2D eigenvalue weighted by molar-refractivity contribution is -0.124. The molecule has 1 N–H and O–H groups in total. The molecule has 0 aliphatic heterocycles. The fourth-order valence-electron chi connectivity index (χ4n) is 2.90. The van der Waals surface area contributed by atoms with Crippen molar-refractivity contribution in [3.05, 3.63) is 70.3 Å². The first kappa shape index (κ1) is 18.2. The van der Waals surface area contributed by atoms with Crippen LogP contribution in [0.2, 0.25) is 0 Å². The molecule has 0 radical (unpaired) electrons. The van der Waals surface area contributed by atoms with Crippen LogP contribution in [0.25, 0.3) is 10.9 Å². The molecular weight excluding hydrogens is 396 g/mol. The van der Waals surface area contributed by atoms with Crippen molar-refractivity contribution in [2.45, 2.75) is 13.0 Å². The Bertz CT molecular complexity index is 965. The number of esters is 1. The summed E-state index contributed by atoms with van der Waals surface area (Å²) in [7, 11) is 1.87. The molecule has 0 aliphatic carbocycles. The van der Waals surface area contributed by atoms with Gasteiger partial charge in [-0.1, -0.05) is 52.3 Å². The van der Waals surface area contributed by atoms with E-state index in [1.807, 2.05) is 67.1 Å². The Morgan fingerprint density at radius 2 is 1.85 bits per heavy atom. The van der Waals surface area contributed by atoms with Gasteiger partial charge in [-0.25, -0.2) is 4.79 Å². The molecular formula is C20H19BrN2O3. The highest BCUT2D eigenvalue weighted by molar-refractivity contribution is 9.10. The van der Waals surface area contributed by atoms with Crippen LogP contribution >= 0.6 is 15.9 Å². The Morgan fingerprint density at radius 3 is 2.62 bits per heavy atom. The Hall–Kier alpha value is -2.60. The van der Waals surface area contributed by atoms with Crippen molar-refractivity contribution >= 4 is 38.7 Å². The maximum absolute atomic E-state index is 12.4. The van der Waals surface area contributed by atoms with E-state index in [9.17, 15) is 9.59 Å². The molecule has 3 rings (SSSR count). The molecule has 3 aromatic rings. The van der Waals surface area contributed by atoms with Gasteiger partial charge in [-0.3, -0.25) is 4.79 Å².